The summed E-state index contributed by atoms with van der Waals surface area (Å²) in [5.41, 5.74) is 1.65. The van der Waals surface area contributed by atoms with Crippen LogP contribution in [0.4, 0.5) is 0 Å². The lowest BCUT2D eigenvalue weighted by molar-refractivity contribution is -0.142. The van der Waals surface area contributed by atoms with E-state index in [4.69, 9.17) is 16.3 Å². The molecule has 0 fully saturated rings. The lowest BCUT2D eigenvalue weighted by Gasteiger charge is -2.17. The van der Waals surface area contributed by atoms with Crippen LogP contribution in [0.2, 0.25) is 5.02 Å². The van der Waals surface area contributed by atoms with Gasteiger partial charge in [0, 0.05) is 6.42 Å². The number of nitrogens with zero attached hydrogens (tertiary/aromatic N) is 4. The lowest BCUT2D eigenvalue weighted by Crippen LogP contribution is -2.43. The Morgan fingerprint density at radius 2 is 2.00 bits per heavy atom. The molecule has 1 atom stereocenters. The maximum absolute atomic E-state index is 12.7. The molecule has 27 heavy (non-hydrogen) atoms. The summed E-state index contributed by atoms with van der Waals surface area (Å²) in [6, 6.07) is 13.3. The molecule has 1 N–H and O–H groups in total. The SMILES string of the molecule is COC(=O)C(Cc1ccccc1)NC(=O)c1cc(-n2cnnn2)ccc1Cl. The third kappa shape index (κ3) is 4.48. The highest BCUT2D eigenvalue weighted by Crippen LogP contribution is 2.20. The Labute approximate surface area is 160 Å². The van der Waals surface area contributed by atoms with E-state index < -0.39 is 17.9 Å². The highest BCUT2D eigenvalue weighted by atomic mass is 35.5. The number of aromatic nitrogens is 4. The summed E-state index contributed by atoms with van der Waals surface area (Å²) in [4.78, 5) is 24.9. The first-order valence-electron chi connectivity index (χ1n) is 8.04. The number of halogens is 1. The summed E-state index contributed by atoms with van der Waals surface area (Å²) in [5, 5.41) is 13.8. The molecule has 1 heterocycles. The molecular weight excluding hydrogens is 370 g/mol. The van der Waals surface area contributed by atoms with Crippen molar-refractivity contribution >= 4 is 23.5 Å². The van der Waals surface area contributed by atoms with Crippen molar-refractivity contribution in [3.63, 3.8) is 0 Å². The van der Waals surface area contributed by atoms with E-state index in [0.29, 0.717) is 12.1 Å². The van der Waals surface area contributed by atoms with Gasteiger partial charge in [-0.3, -0.25) is 4.79 Å². The van der Waals surface area contributed by atoms with Crippen LogP contribution in [-0.4, -0.2) is 45.2 Å². The maximum Gasteiger partial charge on any atom is 0.328 e. The van der Waals surface area contributed by atoms with E-state index in [1.54, 1.807) is 18.2 Å². The number of nitrogens with one attached hydrogen (secondary N) is 1. The third-order valence-electron chi connectivity index (χ3n) is 3.88. The van der Waals surface area contributed by atoms with Gasteiger partial charge in [0.1, 0.15) is 12.4 Å². The molecule has 8 nitrogen and oxygen atoms in total. The number of tetrazole rings is 1. The average molecular weight is 386 g/mol. The summed E-state index contributed by atoms with van der Waals surface area (Å²) in [6.07, 6.45) is 1.70. The van der Waals surface area contributed by atoms with Gasteiger partial charge in [-0.25, -0.2) is 9.48 Å². The molecule has 0 saturated carbocycles. The molecule has 0 spiro atoms. The lowest BCUT2D eigenvalue weighted by atomic mass is 10.1. The molecule has 2 aromatic carbocycles. The Bertz CT molecular complexity index is 931. The summed E-state index contributed by atoms with van der Waals surface area (Å²) in [7, 11) is 1.28. The van der Waals surface area contributed by atoms with Crippen molar-refractivity contribution in [3.8, 4) is 5.69 Å². The van der Waals surface area contributed by atoms with Crippen LogP contribution in [0.25, 0.3) is 5.69 Å². The van der Waals surface area contributed by atoms with Crippen molar-refractivity contribution in [2.75, 3.05) is 7.11 Å². The van der Waals surface area contributed by atoms with E-state index in [1.165, 1.54) is 18.1 Å². The number of amides is 1. The Balaban J connectivity index is 1.83. The molecule has 0 radical (unpaired) electrons. The summed E-state index contributed by atoms with van der Waals surface area (Å²) in [5.74, 6) is -1.04. The zero-order valence-corrected chi connectivity index (χ0v) is 15.1. The highest BCUT2D eigenvalue weighted by Gasteiger charge is 2.24. The number of methoxy groups -OCH3 is 1. The quantitative estimate of drug-likeness (QED) is 0.650. The standard InChI is InChI=1S/C18H16ClN5O3/c1-27-18(26)16(9-12-5-3-2-4-6-12)21-17(25)14-10-13(7-8-15(14)19)24-11-20-22-23-24/h2-8,10-11,16H,9H2,1H3,(H,21,25). The number of carbonyl (C=O) groups excluding carboxylic acids is 2. The van der Waals surface area contributed by atoms with Crippen LogP contribution in [0.1, 0.15) is 15.9 Å². The van der Waals surface area contributed by atoms with E-state index in [0.717, 1.165) is 5.56 Å². The van der Waals surface area contributed by atoms with Crippen molar-refractivity contribution in [2.45, 2.75) is 12.5 Å². The van der Waals surface area contributed by atoms with Gasteiger partial charge in [-0.15, -0.1) is 5.10 Å². The fourth-order valence-electron chi connectivity index (χ4n) is 2.53. The number of rotatable bonds is 6. The van der Waals surface area contributed by atoms with Crippen LogP contribution >= 0.6 is 11.6 Å². The molecule has 9 heteroatoms. The van der Waals surface area contributed by atoms with Crippen LogP contribution in [-0.2, 0) is 16.0 Å². The van der Waals surface area contributed by atoms with Crippen LogP contribution in [0.3, 0.4) is 0 Å². The first-order chi connectivity index (χ1) is 13.1. The maximum atomic E-state index is 12.7. The first-order valence-corrected chi connectivity index (χ1v) is 8.42. The smallest absolute Gasteiger partial charge is 0.328 e. The number of esters is 1. The van der Waals surface area contributed by atoms with E-state index >= 15 is 0 Å². The van der Waals surface area contributed by atoms with Gasteiger partial charge in [0.25, 0.3) is 5.91 Å². The van der Waals surface area contributed by atoms with Crippen LogP contribution in [0.5, 0.6) is 0 Å². The second-order valence-corrected chi connectivity index (χ2v) is 6.06. The van der Waals surface area contributed by atoms with Gasteiger partial charge in [0.2, 0.25) is 0 Å². The third-order valence-corrected chi connectivity index (χ3v) is 4.21. The molecule has 3 aromatic rings. The predicted octanol–water partition coefficient (Wildman–Crippen LogP) is 1.83. The minimum absolute atomic E-state index is 0.201. The molecule has 3 rings (SSSR count). The van der Waals surface area contributed by atoms with Crippen molar-refractivity contribution in [3.05, 3.63) is 71.0 Å². The number of hydrogen-bond donors (Lipinski definition) is 1. The second kappa shape index (κ2) is 8.41. The molecular formula is C18H16ClN5O3. The predicted molar refractivity (Wildman–Crippen MR) is 97.6 cm³/mol. The summed E-state index contributed by atoms with van der Waals surface area (Å²) < 4.78 is 6.21. The number of hydrogen-bond acceptors (Lipinski definition) is 6. The molecule has 1 unspecified atom stereocenters. The van der Waals surface area contributed by atoms with Crippen LogP contribution in [0.15, 0.2) is 54.9 Å². The second-order valence-electron chi connectivity index (χ2n) is 5.66. The Morgan fingerprint density at radius 3 is 2.67 bits per heavy atom. The number of benzene rings is 2. The van der Waals surface area contributed by atoms with Gasteiger partial charge in [-0.1, -0.05) is 41.9 Å². The number of carbonyl (C=O) groups is 2. The van der Waals surface area contributed by atoms with Gasteiger partial charge in [-0.05, 0) is 34.2 Å². The van der Waals surface area contributed by atoms with Crippen LogP contribution in [0, 0.1) is 0 Å². The fraction of sp³-hybridized carbons (Fsp3) is 0.167. The molecule has 1 amide bonds. The summed E-state index contributed by atoms with van der Waals surface area (Å²) in [6.45, 7) is 0. The molecule has 0 saturated heterocycles. The fourth-order valence-corrected chi connectivity index (χ4v) is 2.73. The van der Waals surface area contributed by atoms with Crippen molar-refractivity contribution in [1.82, 2.24) is 25.5 Å². The van der Waals surface area contributed by atoms with E-state index in [-0.39, 0.29) is 10.6 Å². The van der Waals surface area contributed by atoms with Gasteiger partial charge >= 0.3 is 5.97 Å². The topological polar surface area (TPSA) is 99.0 Å². The van der Waals surface area contributed by atoms with Gasteiger partial charge in [0.15, 0.2) is 0 Å². The van der Waals surface area contributed by atoms with Crippen molar-refractivity contribution in [2.24, 2.45) is 0 Å². The van der Waals surface area contributed by atoms with E-state index in [2.05, 4.69) is 20.8 Å². The monoisotopic (exact) mass is 385 g/mol. The Kier molecular flexibility index (Phi) is 5.77. The molecule has 0 aliphatic carbocycles. The van der Waals surface area contributed by atoms with Gasteiger partial charge in [0.05, 0.1) is 23.4 Å². The minimum Gasteiger partial charge on any atom is -0.467 e. The molecule has 0 aliphatic rings. The van der Waals surface area contributed by atoms with Gasteiger partial charge in [-0.2, -0.15) is 0 Å². The number of ether oxygens (including phenoxy) is 1. The molecule has 0 bridgehead atoms. The van der Waals surface area contributed by atoms with E-state index in [9.17, 15) is 9.59 Å². The largest absolute Gasteiger partial charge is 0.467 e. The minimum atomic E-state index is -0.849. The zero-order chi connectivity index (χ0) is 19.2. The van der Waals surface area contributed by atoms with E-state index in [1.807, 2.05) is 30.3 Å². The van der Waals surface area contributed by atoms with Gasteiger partial charge < -0.3 is 10.1 Å². The van der Waals surface area contributed by atoms with Crippen molar-refractivity contribution < 1.29 is 14.3 Å². The average Bonchev–Trinajstić information content (AvgIpc) is 3.22. The molecule has 0 aliphatic heterocycles. The molecule has 138 valence electrons. The normalized spacial score (nSPS) is 11.6. The molecule has 1 aromatic heterocycles. The summed E-state index contributed by atoms with van der Waals surface area (Å²) >= 11 is 6.17. The highest BCUT2D eigenvalue weighted by molar-refractivity contribution is 6.34. The Hall–Kier alpha value is -3.26. The van der Waals surface area contributed by atoms with Crippen LogP contribution < -0.4 is 5.32 Å². The Morgan fingerprint density at radius 1 is 1.22 bits per heavy atom. The zero-order valence-electron chi connectivity index (χ0n) is 14.4. The van der Waals surface area contributed by atoms with Crippen molar-refractivity contribution in [1.29, 1.82) is 0 Å². The first kappa shape index (κ1) is 18.5.